The average Bonchev–Trinajstić information content (AvgIpc) is 3.06. The van der Waals surface area contributed by atoms with E-state index in [9.17, 15) is 4.79 Å². The first-order chi connectivity index (χ1) is 11.8. The summed E-state index contributed by atoms with van der Waals surface area (Å²) in [6.45, 7) is 5.07. The second-order valence-electron chi connectivity index (χ2n) is 7.66. The van der Waals surface area contributed by atoms with Gasteiger partial charge in [0.1, 0.15) is 0 Å². The average molecular weight is 328 g/mol. The van der Waals surface area contributed by atoms with Crippen LogP contribution in [-0.2, 0) is 0 Å². The molecule has 2 amide bonds. The first-order valence-electron chi connectivity index (χ1n) is 9.30. The van der Waals surface area contributed by atoms with Crippen molar-refractivity contribution < 1.29 is 4.79 Å². The van der Waals surface area contributed by atoms with Gasteiger partial charge in [-0.2, -0.15) is 0 Å². The van der Waals surface area contributed by atoms with Gasteiger partial charge in [-0.3, -0.25) is 0 Å². The molecule has 130 valence electrons. The SMILES string of the molecule is O=C(NCC1CCN(c2ccccc2)C1)NC1CC12CCNCC2. The van der Waals surface area contributed by atoms with Crippen molar-refractivity contribution in [3.63, 3.8) is 0 Å². The molecule has 0 radical (unpaired) electrons. The van der Waals surface area contributed by atoms with E-state index >= 15 is 0 Å². The van der Waals surface area contributed by atoms with Crippen LogP contribution in [-0.4, -0.2) is 44.8 Å². The zero-order valence-electron chi connectivity index (χ0n) is 14.3. The summed E-state index contributed by atoms with van der Waals surface area (Å²) in [4.78, 5) is 14.6. The Balaban J connectivity index is 1.19. The zero-order chi connectivity index (χ0) is 16.4. The number of amides is 2. The van der Waals surface area contributed by atoms with Crippen molar-refractivity contribution in [2.75, 3.05) is 37.6 Å². The minimum absolute atomic E-state index is 0.0218. The van der Waals surface area contributed by atoms with Crippen LogP contribution >= 0.6 is 0 Å². The molecule has 1 aromatic rings. The second-order valence-corrected chi connectivity index (χ2v) is 7.66. The fourth-order valence-corrected chi connectivity index (χ4v) is 4.35. The number of carbonyl (C=O) groups is 1. The molecule has 0 bridgehead atoms. The van der Waals surface area contributed by atoms with Crippen molar-refractivity contribution in [3.05, 3.63) is 30.3 Å². The standard InChI is InChI=1S/C19H28N4O/c24-18(22-17-12-19(17)7-9-20-10-8-19)21-13-15-6-11-23(14-15)16-4-2-1-3-5-16/h1-5,15,17,20H,6-14H2,(H2,21,22,24). The van der Waals surface area contributed by atoms with E-state index in [-0.39, 0.29) is 6.03 Å². The van der Waals surface area contributed by atoms with E-state index < -0.39 is 0 Å². The van der Waals surface area contributed by atoms with Gasteiger partial charge in [0.2, 0.25) is 0 Å². The molecule has 0 aromatic heterocycles. The predicted molar refractivity (Wildman–Crippen MR) is 96.2 cm³/mol. The van der Waals surface area contributed by atoms with Crippen LogP contribution in [0.5, 0.6) is 0 Å². The number of urea groups is 1. The summed E-state index contributed by atoms with van der Waals surface area (Å²) < 4.78 is 0. The van der Waals surface area contributed by atoms with Crippen LogP contribution in [0.15, 0.2) is 30.3 Å². The van der Waals surface area contributed by atoms with Crippen LogP contribution < -0.4 is 20.9 Å². The van der Waals surface area contributed by atoms with E-state index in [1.807, 2.05) is 0 Å². The van der Waals surface area contributed by atoms with Gasteiger partial charge in [0, 0.05) is 31.4 Å². The predicted octanol–water partition coefficient (Wildman–Crippen LogP) is 1.95. The Morgan fingerprint density at radius 1 is 1.25 bits per heavy atom. The fourth-order valence-electron chi connectivity index (χ4n) is 4.35. The number of nitrogens with zero attached hydrogens (tertiary/aromatic N) is 1. The molecule has 2 atom stereocenters. The number of para-hydroxylation sites is 1. The molecule has 1 spiro atoms. The van der Waals surface area contributed by atoms with Gasteiger partial charge in [0.25, 0.3) is 0 Å². The lowest BCUT2D eigenvalue weighted by atomic mass is 9.94. The van der Waals surface area contributed by atoms with E-state index in [1.165, 1.54) is 18.5 Å². The topological polar surface area (TPSA) is 56.4 Å². The molecule has 4 rings (SSSR count). The minimum atomic E-state index is 0.0218. The lowest BCUT2D eigenvalue weighted by Gasteiger charge is -2.23. The molecule has 1 aromatic carbocycles. The minimum Gasteiger partial charge on any atom is -0.371 e. The lowest BCUT2D eigenvalue weighted by molar-refractivity contribution is 0.235. The Morgan fingerprint density at radius 3 is 2.83 bits per heavy atom. The van der Waals surface area contributed by atoms with E-state index in [0.717, 1.165) is 45.6 Å². The van der Waals surface area contributed by atoms with Gasteiger partial charge in [0.05, 0.1) is 0 Å². The molecule has 3 N–H and O–H groups in total. The molecular formula is C19H28N4O. The third kappa shape index (κ3) is 3.36. The number of hydrogen-bond acceptors (Lipinski definition) is 3. The highest BCUT2D eigenvalue weighted by Crippen LogP contribution is 2.52. The number of rotatable bonds is 4. The van der Waals surface area contributed by atoms with Crippen molar-refractivity contribution in [2.24, 2.45) is 11.3 Å². The number of hydrogen-bond donors (Lipinski definition) is 3. The molecule has 2 aliphatic heterocycles. The maximum Gasteiger partial charge on any atom is 0.315 e. The Hall–Kier alpha value is -1.75. The molecule has 24 heavy (non-hydrogen) atoms. The summed E-state index contributed by atoms with van der Waals surface area (Å²) in [5.41, 5.74) is 1.69. The normalized spacial score (nSPS) is 27.9. The summed E-state index contributed by atoms with van der Waals surface area (Å²) in [5, 5.41) is 9.69. The summed E-state index contributed by atoms with van der Waals surface area (Å²) in [6.07, 6.45) is 4.71. The van der Waals surface area contributed by atoms with Crippen LogP contribution in [0, 0.1) is 11.3 Å². The van der Waals surface area contributed by atoms with Crippen LogP contribution in [0.4, 0.5) is 10.5 Å². The third-order valence-corrected chi connectivity index (χ3v) is 6.05. The van der Waals surface area contributed by atoms with Crippen LogP contribution in [0.3, 0.4) is 0 Å². The van der Waals surface area contributed by atoms with Gasteiger partial charge in [-0.25, -0.2) is 4.79 Å². The molecule has 5 nitrogen and oxygen atoms in total. The number of benzene rings is 1. The number of anilines is 1. The van der Waals surface area contributed by atoms with Crippen molar-refractivity contribution in [2.45, 2.75) is 31.7 Å². The van der Waals surface area contributed by atoms with Gasteiger partial charge in [0.15, 0.2) is 0 Å². The fraction of sp³-hybridized carbons (Fsp3) is 0.632. The second kappa shape index (κ2) is 6.63. The van der Waals surface area contributed by atoms with Crippen molar-refractivity contribution in [1.82, 2.24) is 16.0 Å². The maximum absolute atomic E-state index is 12.2. The van der Waals surface area contributed by atoms with Crippen molar-refractivity contribution in [1.29, 1.82) is 0 Å². The molecule has 5 heteroatoms. The van der Waals surface area contributed by atoms with Gasteiger partial charge in [-0.1, -0.05) is 18.2 Å². The third-order valence-electron chi connectivity index (χ3n) is 6.05. The van der Waals surface area contributed by atoms with Crippen LogP contribution in [0.25, 0.3) is 0 Å². The highest BCUT2D eigenvalue weighted by molar-refractivity contribution is 5.74. The molecular weight excluding hydrogens is 300 g/mol. The Bertz CT molecular complexity index is 570. The number of piperidine rings is 1. The largest absolute Gasteiger partial charge is 0.371 e. The lowest BCUT2D eigenvalue weighted by Crippen LogP contribution is -2.42. The monoisotopic (exact) mass is 328 g/mol. The van der Waals surface area contributed by atoms with Crippen molar-refractivity contribution in [3.8, 4) is 0 Å². The summed E-state index contributed by atoms with van der Waals surface area (Å²) >= 11 is 0. The smallest absolute Gasteiger partial charge is 0.315 e. The Kier molecular flexibility index (Phi) is 4.35. The number of nitrogens with one attached hydrogen (secondary N) is 3. The molecule has 1 saturated carbocycles. The summed E-state index contributed by atoms with van der Waals surface area (Å²) in [6, 6.07) is 11.0. The zero-order valence-corrected chi connectivity index (χ0v) is 14.3. The summed E-state index contributed by atoms with van der Waals surface area (Å²) in [5.74, 6) is 0.544. The molecule has 1 aliphatic carbocycles. The van der Waals surface area contributed by atoms with E-state index in [4.69, 9.17) is 0 Å². The Labute approximate surface area is 144 Å². The summed E-state index contributed by atoms with van der Waals surface area (Å²) in [7, 11) is 0. The van der Waals surface area contributed by atoms with Crippen LogP contribution in [0.1, 0.15) is 25.7 Å². The molecule has 2 heterocycles. The number of carbonyl (C=O) groups excluding carboxylic acids is 1. The van der Waals surface area contributed by atoms with Gasteiger partial charge >= 0.3 is 6.03 Å². The van der Waals surface area contributed by atoms with Gasteiger partial charge in [-0.15, -0.1) is 0 Å². The molecule has 3 aliphatic rings. The molecule has 2 unspecified atom stereocenters. The van der Waals surface area contributed by atoms with Gasteiger partial charge in [-0.05, 0) is 62.2 Å². The van der Waals surface area contributed by atoms with E-state index in [2.05, 4.69) is 51.2 Å². The van der Waals surface area contributed by atoms with E-state index in [1.54, 1.807) is 0 Å². The highest BCUT2D eigenvalue weighted by atomic mass is 16.2. The highest BCUT2D eigenvalue weighted by Gasteiger charge is 2.54. The first kappa shape index (κ1) is 15.8. The quantitative estimate of drug-likeness (QED) is 0.792. The van der Waals surface area contributed by atoms with Crippen molar-refractivity contribution >= 4 is 11.7 Å². The van der Waals surface area contributed by atoms with Crippen LogP contribution in [0.2, 0.25) is 0 Å². The Morgan fingerprint density at radius 2 is 2.04 bits per heavy atom. The maximum atomic E-state index is 12.2. The first-order valence-corrected chi connectivity index (χ1v) is 9.30. The van der Waals surface area contributed by atoms with Gasteiger partial charge < -0.3 is 20.9 Å². The van der Waals surface area contributed by atoms with E-state index in [0.29, 0.717) is 17.4 Å². The molecule has 3 fully saturated rings. The molecule has 2 saturated heterocycles.